The van der Waals surface area contributed by atoms with Gasteiger partial charge in [0.05, 0.1) is 0 Å². The van der Waals surface area contributed by atoms with Crippen molar-refractivity contribution in [1.29, 1.82) is 5.26 Å². The highest BCUT2D eigenvalue weighted by Gasteiger charge is 2.08. The van der Waals surface area contributed by atoms with E-state index in [4.69, 9.17) is 10.00 Å². The molecule has 1 heterocycles. The van der Waals surface area contributed by atoms with Gasteiger partial charge < -0.3 is 10.1 Å². The Morgan fingerprint density at radius 3 is 2.64 bits per heavy atom. The fourth-order valence-electron chi connectivity index (χ4n) is 2.19. The lowest BCUT2D eigenvalue weighted by atomic mass is 10.2. The van der Waals surface area contributed by atoms with Crippen molar-refractivity contribution < 1.29 is 9.53 Å². The van der Waals surface area contributed by atoms with Crippen LogP contribution in [0.25, 0.3) is 0 Å². The van der Waals surface area contributed by atoms with E-state index in [2.05, 4.69) is 15.5 Å². The number of carbonyl (C=O) groups excluding carboxylic acids is 1. The number of nitriles is 1. The molecule has 1 amide bonds. The summed E-state index contributed by atoms with van der Waals surface area (Å²) in [6.45, 7) is 0.458. The van der Waals surface area contributed by atoms with Crippen molar-refractivity contribution in [2.75, 3.05) is 5.32 Å². The standard InChI is InChI=1S/C18H15N5O2/c19-10-17-22-20-13-23(17)11-18(24)21-15-6-8-16(9-7-15)25-12-14-4-2-1-3-5-14/h1-9,13H,11-12H2,(H,21,24). The van der Waals surface area contributed by atoms with Crippen molar-refractivity contribution in [3.05, 3.63) is 72.3 Å². The van der Waals surface area contributed by atoms with E-state index in [-0.39, 0.29) is 18.3 Å². The summed E-state index contributed by atoms with van der Waals surface area (Å²) in [5, 5.41) is 18.8. The number of rotatable bonds is 6. The van der Waals surface area contributed by atoms with Crippen LogP contribution in [0.3, 0.4) is 0 Å². The van der Waals surface area contributed by atoms with E-state index in [0.29, 0.717) is 18.0 Å². The highest BCUT2D eigenvalue weighted by Crippen LogP contribution is 2.17. The number of ether oxygens (including phenoxy) is 1. The molecule has 0 bridgehead atoms. The molecule has 2 aromatic carbocycles. The predicted octanol–water partition coefficient (Wildman–Crippen LogP) is 2.37. The number of benzene rings is 2. The molecule has 25 heavy (non-hydrogen) atoms. The van der Waals surface area contributed by atoms with Gasteiger partial charge in [-0.15, -0.1) is 10.2 Å². The Morgan fingerprint density at radius 1 is 1.16 bits per heavy atom. The highest BCUT2D eigenvalue weighted by molar-refractivity contribution is 5.90. The number of amides is 1. The topological polar surface area (TPSA) is 92.8 Å². The van der Waals surface area contributed by atoms with E-state index in [9.17, 15) is 4.79 Å². The molecule has 0 atom stereocenters. The smallest absolute Gasteiger partial charge is 0.244 e. The van der Waals surface area contributed by atoms with Crippen molar-refractivity contribution >= 4 is 11.6 Å². The molecule has 0 saturated heterocycles. The van der Waals surface area contributed by atoms with Crippen LogP contribution in [0.5, 0.6) is 5.75 Å². The Morgan fingerprint density at radius 2 is 1.92 bits per heavy atom. The van der Waals surface area contributed by atoms with Crippen LogP contribution in [0.1, 0.15) is 11.4 Å². The fourth-order valence-corrected chi connectivity index (χ4v) is 2.19. The summed E-state index contributed by atoms with van der Waals surface area (Å²) in [6, 6.07) is 18.8. The monoisotopic (exact) mass is 333 g/mol. The number of anilines is 1. The molecular formula is C18H15N5O2. The van der Waals surface area contributed by atoms with Crippen LogP contribution in [0.2, 0.25) is 0 Å². The first-order valence-electron chi connectivity index (χ1n) is 7.59. The Kier molecular flexibility index (Phi) is 5.02. The van der Waals surface area contributed by atoms with Crippen LogP contribution in [-0.4, -0.2) is 20.7 Å². The molecule has 124 valence electrons. The molecule has 0 unspecified atom stereocenters. The van der Waals surface area contributed by atoms with Crippen molar-refractivity contribution in [2.45, 2.75) is 13.2 Å². The first-order chi connectivity index (χ1) is 12.2. The van der Waals surface area contributed by atoms with Crippen molar-refractivity contribution in [2.24, 2.45) is 0 Å². The third kappa shape index (κ3) is 4.42. The normalized spacial score (nSPS) is 10.0. The third-order valence-corrected chi connectivity index (χ3v) is 3.42. The van der Waals surface area contributed by atoms with E-state index in [1.54, 1.807) is 24.3 Å². The first-order valence-corrected chi connectivity index (χ1v) is 7.59. The van der Waals surface area contributed by atoms with Gasteiger partial charge in [-0.3, -0.25) is 9.36 Å². The van der Waals surface area contributed by atoms with Gasteiger partial charge in [-0.05, 0) is 29.8 Å². The lowest BCUT2D eigenvalue weighted by Gasteiger charge is -2.09. The molecule has 0 aliphatic rings. The maximum Gasteiger partial charge on any atom is 0.244 e. The van der Waals surface area contributed by atoms with Crippen LogP contribution < -0.4 is 10.1 Å². The number of hydrogen-bond donors (Lipinski definition) is 1. The minimum absolute atomic E-state index is 0.0256. The van der Waals surface area contributed by atoms with Gasteiger partial charge in [-0.25, -0.2) is 0 Å². The number of nitrogens with zero attached hydrogens (tertiary/aromatic N) is 4. The molecule has 7 heteroatoms. The first kappa shape index (κ1) is 16.2. The summed E-state index contributed by atoms with van der Waals surface area (Å²) >= 11 is 0. The van der Waals surface area contributed by atoms with E-state index in [1.165, 1.54) is 10.9 Å². The number of nitrogens with one attached hydrogen (secondary N) is 1. The second-order valence-electron chi connectivity index (χ2n) is 5.24. The largest absolute Gasteiger partial charge is 0.489 e. The average Bonchev–Trinajstić information content (AvgIpc) is 3.09. The van der Waals surface area contributed by atoms with Crippen LogP contribution >= 0.6 is 0 Å². The molecular weight excluding hydrogens is 318 g/mol. The summed E-state index contributed by atoms with van der Waals surface area (Å²) in [5.74, 6) is 0.543. The molecule has 0 saturated carbocycles. The zero-order valence-electron chi connectivity index (χ0n) is 13.3. The van der Waals surface area contributed by atoms with Crippen molar-refractivity contribution in [1.82, 2.24) is 14.8 Å². The lowest BCUT2D eigenvalue weighted by molar-refractivity contribution is -0.116. The van der Waals surface area contributed by atoms with Gasteiger partial charge in [0, 0.05) is 5.69 Å². The van der Waals surface area contributed by atoms with E-state index >= 15 is 0 Å². The molecule has 0 radical (unpaired) electrons. The second kappa shape index (κ2) is 7.75. The van der Waals surface area contributed by atoms with E-state index < -0.39 is 0 Å². The molecule has 0 aliphatic carbocycles. The molecule has 0 spiro atoms. The highest BCUT2D eigenvalue weighted by atomic mass is 16.5. The summed E-state index contributed by atoms with van der Waals surface area (Å²) in [4.78, 5) is 12.0. The number of aromatic nitrogens is 3. The van der Waals surface area contributed by atoms with Gasteiger partial charge in [-0.2, -0.15) is 5.26 Å². The van der Waals surface area contributed by atoms with Gasteiger partial charge in [0.2, 0.25) is 11.7 Å². The van der Waals surface area contributed by atoms with Crippen LogP contribution in [0, 0.1) is 11.3 Å². The average molecular weight is 333 g/mol. The van der Waals surface area contributed by atoms with Crippen molar-refractivity contribution in [3.8, 4) is 11.8 Å². The Hall–Kier alpha value is -3.66. The minimum atomic E-state index is -0.269. The number of carbonyl (C=O) groups is 1. The second-order valence-corrected chi connectivity index (χ2v) is 5.24. The Balaban J connectivity index is 1.53. The maximum atomic E-state index is 12.0. The third-order valence-electron chi connectivity index (χ3n) is 3.42. The minimum Gasteiger partial charge on any atom is -0.489 e. The molecule has 0 fully saturated rings. The molecule has 1 N–H and O–H groups in total. The number of hydrogen-bond acceptors (Lipinski definition) is 5. The summed E-state index contributed by atoms with van der Waals surface area (Å²) in [7, 11) is 0. The Labute approximate surface area is 144 Å². The predicted molar refractivity (Wildman–Crippen MR) is 90.6 cm³/mol. The van der Waals surface area contributed by atoms with Crippen LogP contribution in [0.15, 0.2) is 60.9 Å². The summed E-state index contributed by atoms with van der Waals surface area (Å²) in [5.41, 5.74) is 1.73. The van der Waals surface area contributed by atoms with Gasteiger partial charge in [0.1, 0.15) is 31.3 Å². The lowest BCUT2D eigenvalue weighted by Crippen LogP contribution is -2.19. The van der Waals surface area contributed by atoms with Crippen LogP contribution in [-0.2, 0) is 17.9 Å². The zero-order valence-corrected chi connectivity index (χ0v) is 13.3. The van der Waals surface area contributed by atoms with Crippen LogP contribution in [0.4, 0.5) is 5.69 Å². The van der Waals surface area contributed by atoms with Gasteiger partial charge >= 0.3 is 0 Å². The fraction of sp³-hybridized carbons (Fsp3) is 0.111. The van der Waals surface area contributed by atoms with Gasteiger partial charge in [-0.1, -0.05) is 30.3 Å². The molecule has 3 rings (SSSR count). The maximum absolute atomic E-state index is 12.0. The van der Waals surface area contributed by atoms with Gasteiger partial charge in [0.25, 0.3) is 0 Å². The molecule has 3 aromatic rings. The molecule has 1 aromatic heterocycles. The molecule has 0 aliphatic heterocycles. The SMILES string of the molecule is N#Cc1nncn1CC(=O)Nc1ccc(OCc2ccccc2)cc1. The van der Waals surface area contributed by atoms with E-state index in [0.717, 1.165) is 5.56 Å². The quantitative estimate of drug-likeness (QED) is 0.747. The van der Waals surface area contributed by atoms with Crippen molar-refractivity contribution in [3.63, 3.8) is 0 Å². The Bertz CT molecular complexity index is 882. The van der Waals surface area contributed by atoms with Gasteiger partial charge in [0.15, 0.2) is 0 Å². The summed E-state index contributed by atoms with van der Waals surface area (Å²) in [6.07, 6.45) is 1.35. The van der Waals surface area contributed by atoms with E-state index in [1.807, 2.05) is 36.4 Å². The molecule has 7 nitrogen and oxygen atoms in total. The zero-order chi connectivity index (χ0) is 17.5. The summed E-state index contributed by atoms with van der Waals surface area (Å²) < 4.78 is 7.08.